The third-order valence-electron chi connectivity index (χ3n) is 4.08. The molecule has 0 aliphatic carbocycles. The van der Waals surface area contributed by atoms with Gasteiger partial charge in [-0.2, -0.15) is 5.10 Å². The van der Waals surface area contributed by atoms with Crippen LogP contribution in [0.15, 0.2) is 22.8 Å². The van der Waals surface area contributed by atoms with Crippen molar-refractivity contribution in [3.8, 4) is 0 Å². The molecule has 0 aromatic carbocycles. The highest BCUT2D eigenvalue weighted by Crippen LogP contribution is 2.18. The lowest BCUT2D eigenvalue weighted by molar-refractivity contribution is 0.0703. The Morgan fingerprint density at radius 1 is 1.38 bits per heavy atom. The summed E-state index contributed by atoms with van der Waals surface area (Å²) in [6, 6.07) is 3.45. The second-order valence-corrected chi connectivity index (χ2v) is 6.47. The SMILES string of the molecule is Cc1occc1C(=O)N1CCn2nc(C(=O)NCC(C)C)cc2C1. The van der Waals surface area contributed by atoms with Crippen LogP contribution in [-0.2, 0) is 13.1 Å². The summed E-state index contributed by atoms with van der Waals surface area (Å²) in [6.07, 6.45) is 1.52. The quantitative estimate of drug-likeness (QED) is 0.927. The largest absolute Gasteiger partial charge is 0.469 e. The molecule has 0 bridgehead atoms. The number of aryl methyl sites for hydroxylation is 1. The van der Waals surface area contributed by atoms with E-state index in [4.69, 9.17) is 4.42 Å². The van der Waals surface area contributed by atoms with E-state index in [1.165, 1.54) is 6.26 Å². The molecule has 3 heterocycles. The van der Waals surface area contributed by atoms with E-state index in [0.29, 0.717) is 49.1 Å². The number of aromatic nitrogens is 2. The van der Waals surface area contributed by atoms with Crippen LogP contribution in [0.2, 0.25) is 0 Å². The molecule has 1 aliphatic rings. The Morgan fingerprint density at radius 2 is 2.17 bits per heavy atom. The maximum Gasteiger partial charge on any atom is 0.271 e. The number of furan rings is 1. The van der Waals surface area contributed by atoms with Crippen LogP contribution in [-0.4, -0.2) is 39.6 Å². The van der Waals surface area contributed by atoms with Gasteiger partial charge in [-0.3, -0.25) is 14.3 Å². The van der Waals surface area contributed by atoms with Crippen LogP contribution in [0.4, 0.5) is 0 Å². The third kappa shape index (κ3) is 3.20. The number of carbonyl (C=O) groups excluding carboxylic acids is 2. The molecule has 0 spiro atoms. The summed E-state index contributed by atoms with van der Waals surface area (Å²) in [4.78, 5) is 26.5. The molecule has 2 aromatic heterocycles. The van der Waals surface area contributed by atoms with E-state index in [1.54, 1.807) is 28.6 Å². The summed E-state index contributed by atoms with van der Waals surface area (Å²) in [5, 5.41) is 7.21. The molecule has 2 amide bonds. The predicted molar refractivity (Wildman–Crippen MR) is 87.6 cm³/mol. The second kappa shape index (κ2) is 6.51. The average molecular weight is 330 g/mol. The van der Waals surface area contributed by atoms with Crippen molar-refractivity contribution in [1.29, 1.82) is 0 Å². The summed E-state index contributed by atoms with van der Waals surface area (Å²) in [5.41, 5.74) is 1.85. The van der Waals surface area contributed by atoms with E-state index in [0.717, 1.165) is 5.69 Å². The molecule has 0 saturated heterocycles. The first-order valence-electron chi connectivity index (χ1n) is 8.14. The molecule has 2 aromatic rings. The Bertz CT molecular complexity index is 760. The van der Waals surface area contributed by atoms with Crippen molar-refractivity contribution in [2.24, 2.45) is 5.92 Å². The van der Waals surface area contributed by atoms with Gasteiger partial charge in [0.05, 0.1) is 30.6 Å². The predicted octanol–water partition coefficient (Wildman–Crippen LogP) is 1.83. The Morgan fingerprint density at radius 3 is 2.83 bits per heavy atom. The lowest BCUT2D eigenvalue weighted by Crippen LogP contribution is -2.38. The summed E-state index contributed by atoms with van der Waals surface area (Å²) in [7, 11) is 0. The highest BCUT2D eigenvalue weighted by molar-refractivity contribution is 5.95. The van der Waals surface area contributed by atoms with Crippen LogP contribution in [0.3, 0.4) is 0 Å². The van der Waals surface area contributed by atoms with Crippen LogP contribution in [0.25, 0.3) is 0 Å². The molecular formula is C17H22N4O3. The molecule has 0 fully saturated rings. The van der Waals surface area contributed by atoms with Gasteiger partial charge in [0.25, 0.3) is 11.8 Å². The molecular weight excluding hydrogens is 308 g/mol. The van der Waals surface area contributed by atoms with Gasteiger partial charge >= 0.3 is 0 Å². The number of hydrogen-bond acceptors (Lipinski definition) is 4. The van der Waals surface area contributed by atoms with Gasteiger partial charge in [0, 0.05) is 13.1 Å². The standard InChI is InChI=1S/C17H22N4O3/c1-11(2)9-18-16(22)15-8-13-10-20(5-6-21(13)19-15)17(23)14-4-7-24-12(14)3/h4,7-8,11H,5-6,9-10H2,1-3H3,(H,18,22). The number of hydrogen-bond donors (Lipinski definition) is 1. The molecule has 0 atom stereocenters. The Kier molecular flexibility index (Phi) is 4.42. The first kappa shape index (κ1) is 16.3. The van der Waals surface area contributed by atoms with Crippen LogP contribution in [0, 0.1) is 12.8 Å². The van der Waals surface area contributed by atoms with E-state index in [1.807, 2.05) is 13.8 Å². The van der Waals surface area contributed by atoms with Crippen molar-refractivity contribution >= 4 is 11.8 Å². The number of amides is 2. The number of nitrogens with zero attached hydrogens (tertiary/aromatic N) is 3. The smallest absolute Gasteiger partial charge is 0.271 e. The second-order valence-electron chi connectivity index (χ2n) is 6.47. The minimum absolute atomic E-state index is 0.0560. The van der Waals surface area contributed by atoms with E-state index >= 15 is 0 Å². The van der Waals surface area contributed by atoms with E-state index < -0.39 is 0 Å². The Labute approximate surface area is 140 Å². The van der Waals surface area contributed by atoms with Crippen molar-refractivity contribution < 1.29 is 14.0 Å². The highest BCUT2D eigenvalue weighted by atomic mass is 16.3. The van der Waals surface area contributed by atoms with E-state index in [9.17, 15) is 9.59 Å². The molecule has 3 rings (SSSR count). The fourth-order valence-corrected chi connectivity index (χ4v) is 2.72. The van der Waals surface area contributed by atoms with Gasteiger partial charge in [-0.05, 0) is 25.0 Å². The molecule has 0 unspecified atom stereocenters. The third-order valence-corrected chi connectivity index (χ3v) is 4.08. The molecule has 24 heavy (non-hydrogen) atoms. The van der Waals surface area contributed by atoms with Gasteiger partial charge in [-0.15, -0.1) is 0 Å². The van der Waals surface area contributed by atoms with Crippen LogP contribution in [0.1, 0.15) is 46.1 Å². The number of carbonyl (C=O) groups is 2. The van der Waals surface area contributed by atoms with Crippen molar-refractivity contribution in [3.63, 3.8) is 0 Å². The molecule has 7 heteroatoms. The van der Waals surface area contributed by atoms with Gasteiger partial charge in [-0.1, -0.05) is 13.8 Å². The lowest BCUT2D eigenvalue weighted by Gasteiger charge is -2.27. The zero-order valence-electron chi connectivity index (χ0n) is 14.2. The maximum absolute atomic E-state index is 12.6. The fraction of sp³-hybridized carbons (Fsp3) is 0.471. The molecule has 1 aliphatic heterocycles. The fourth-order valence-electron chi connectivity index (χ4n) is 2.72. The number of nitrogens with one attached hydrogen (secondary N) is 1. The number of fused-ring (bicyclic) bond motifs is 1. The summed E-state index contributed by atoms with van der Waals surface area (Å²) >= 11 is 0. The first-order valence-corrected chi connectivity index (χ1v) is 8.14. The monoisotopic (exact) mass is 330 g/mol. The average Bonchev–Trinajstić information content (AvgIpc) is 3.17. The van der Waals surface area contributed by atoms with E-state index in [-0.39, 0.29) is 11.8 Å². The topological polar surface area (TPSA) is 80.4 Å². The normalized spacial score (nSPS) is 13.9. The van der Waals surface area contributed by atoms with Crippen LogP contribution >= 0.6 is 0 Å². The van der Waals surface area contributed by atoms with Gasteiger partial charge in [0.15, 0.2) is 5.69 Å². The molecule has 0 saturated carbocycles. The Balaban J connectivity index is 1.71. The van der Waals surface area contributed by atoms with Crippen LogP contribution < -0.4 is 5.32 Å². The van der Waals surface area contributed by atoms with Gasteiger partial charge in [0.1, 0.15) is 5.76 Å². The first-order chi connectivity index (χ1) is 11.5. The Hall–Kier alpha value is -2.57. The van der Waals surface area contributed by atoms with Crippen molar-refractivity contribution in [1.82, 2.24) is 20.0 Å². The summed E-state index contributed by atoms with van der Waals surface area (Å²) in [6.45, 7) is 8.05. The van der Waals surface area contributed by atoms with Crippen molar-refractivity contribution in [2.45, 2.75) is 33.9 Å². The molecule has 7 nitrogen and oxygen atoms in total. The van der Waals surface area contributed by atoms with E-state index in [2.05, 4.69) is 10.4 Å². The van der Waals surface area contributed by atoms with Gasteiger partial charge < -0.3 is 14.6 Å². The zero-order valence-corrected chi connectivity index (χ0v) is 14.2. The maximum atomic E-state index is 12.6. The van der Waals surface area contributed by atoms with Crippen LogP contribution in [0.5, 0.6) is 0 Å². The lowest BCUT2D eigenvalue weighted by atomic mass is 10.2. The van der Waals surface area contributed by atoms with Gasteiger partial charge in [-0.25, -0.2) is 0 Å². The van der Waals surface area contributed by atoms with Crippen molar-refractivity contribution in [3.05, 3.63) is 41.1 Å². The molecule has 0 radical (unpaired) electrons. The summed E-state index contributed by atoms with van der Waals surface area (Å²) < 4.78 is 7.01. The highest BCUT2D eigenvalue weighted by Gasteiger charge is 2.26. The minimum Gasteiger partial charge on any atom is -0.469 e. The van der Waals surface area contributed by atoms with Crippen molar-refractivity contribution in [2.75, 3.05) is 13.1 Å². The number of rotatable bonds is 4. The zero-order chi connectivity index (χ0) is 17.3. The van der Waals surface area contributed by atoms with Gasteiger partial charge in [0.2, 0.25) is 0 Å². The minimum atomic E-state index is -0.172. The summed E-state index contributed by atoms with van der Waals surface area (Å²) in [5.74, 6) is 0.777. The molecule has 128 valence electrons. The molecule has 1 N–H and O–H groups in total.